The monoisotopic (exact) mass is 439 g/mol. The maximum Gasteiger partial charge on any atom is 0.224 e. The van der Waals surface area contributed by atoms with Crippen molar-refractivity contribution in [2.75, 3.05) is 32.8 Å². The van der Waals surface area contributed by atoms with Crippen LogP contribution in [-0.2, 0) is 11.2 Å². The van der Waals surface area contributed by atoms with Gasteiger partial charge in [-0.05, 0) is 48.6 Å². The maximum atomic E-state index is 12.7. The van der Waals surface area contributed by atoms with Gasteiger partial charge in [0.05, 0.1) is 19.1 Å². The zero-order valence-corrected chi connectivity index (χ0v) is 20.0. The smallest absolute Gasteiger partial charge is 0.224 e. The SMILES string of the molecule is CCCNCCNCC(NC(=O)Cc1ccccc1)c1ccc(OCC(C)CCC)cc1. The lowest BCUT2D eigenvalue weighted by Gasteiger charge is -2.21. The number of hydrogen-bond acceptors (Lipinski definition) is 4. The van der Waals surface area contributed by atoms with Gasteiger partial charge >= 0.3 is 0 Å². The third-order valence-electron chi connectivity index (χ3n) is 5.39. The Hall–Kier alpha value is -2.37. The summed E-state index contributed by atoms with van der Waals surface area (Å²) < 4.78 is 5.94. The molecule has 5 nitrogen and oxygen atoms in total. The summed E-state index contributed by atoms with van der Waals surface area (Å²) in [6.07, 6.45) is 3.86. The van der Waals surface area contributed by atoms with Gasteiger partial charge in [0, 0.05) is 19.6 Å². The number of ether oxygens (including phenoxy) is 1. The van der Waals surface area contributed by atoms with Gasteiger partial charge in [0.1, 0.15) is 5.75 Å². The highest BCUT2D eigenvalue weighted by Crippen LogP contribution is 2.19. The minimum absolute atomic E-state index is 0.0285. The van der Waals surface area contributed by atoms with E-state index < -0.39 is 0 Å². The first-order valence-corrected chi connectivity index (χ1v) is 12.1. The van der Waals surface area contributed by atoms with Crippen molar-refractivity contribution in [3.05, 3.63) is 65.7 Å². The van der Waals surface area contributed by atoms with Crippen LogP contribution in [-0.4, -0.2) is 38.7 Å². The van der Waals surface area contributed by atoms with Crippen LogP contribution in [0.25, 0.3) is 0 Å². The number of amides is 1. The van der Waals surface area contributed by atoms with E-state index in [9.17, 15) is 4.79 Å². The standard InChI is InChI=1S/C27H41N3O2/c1-4-9-22(3)21-32-25-14-12-24(13-15-25)26(20-29-18-17-28-16-5-2)30-27(31)19-23-10-7-6-8-11-23/h6-8,10-15,22,26,28-29H,4-5,9,16-21H2,1-3H3,(H,30,31). The number of hydrogen-bond donors (Lipinski definition) is 3. The first-order chi connectivity index (χ1) is 15.6. The van der Waals surface area contributed by atoms with E-state index in [2.05, 4.69) is 48.9 Å². The van der Waals surface area contributed by atoms with E-state index in [0.29, 0.717) is 18.9 Å². The van der Waals surface area contributed by atoms with Crippen LogP contribution in [0.5, 0.6) is 5.75 Å². The Bertz CT molecular complexity index is 749. The third kappa shape index (κ3) is 10.3. The average molecular weight is 440 g/mol. The molecule has 0 fully saturated rings. The maximum absolute atomic E-state index is 12.7. The molecule has 0 saturated carbocycles. The molecule has 0 heterocycles. The molecule has 0 aliphatic carbocycles. The van der Waals surface area contributed by atoms with Gasteiger partial charge in [-0.2, -0.15) is 0 Å². The van der Waals surface area contributed by atoms with Crippen molar-refractivity contribution in [3.63, 3.8) is 0 Å². The summed E-state index contributed by atoms with van der Waals surface area (Å²) >= 11 is 0. The van der Waals surface area contributed by atoms with Crippen molar-refractivity contribution in [2.24, 2.45) is 5.92 Å². The van der Waals surface area contributed by atoms with Crippen LogP contribution in [0.4, 0.5) is 0 Å². The molecule has 2 aromatic carbocycles. The summed E-state index contributed by atoms with van der Waals surface area (Å²) in [4.78, 5) is 12.7. The summed E-state index contributed by atoms with van der Waals surface area (Å²) in [6.45, 7) is 10.8. The molecule has 0 bridgehead atoms. The summed E-state index contributed by atoms with van der Waals surface area (Å²) in [6, 6.07) is 17.9. The highest BCUT2D eigenvalue weighted by atomic mass is 16.5. The fraction of sp³-hybridized carbons (Fsp3) is 0.519. The van der Waals surface area contributed by atoms with Crippen molar-refractivity contribution in [2.45, 2.75) is 52.5 Å². The van der Waals surface area contributed by atoms with Crippen LogP contribution in [0, 0.1) is 5.92 Å². The Morgan fingerprint density at radius 2 is 1.62 bits per heavy atom. The topological polar surface area (TPSA) is 62.4 Å². The number of nitrogens with one attached hydrogen (secondary N) is 3. The third-order valence-corrected chi connectivity index (χ3v) is 5.39. The largest absolute Gasteiger partial charge is 0.493 e. The highest BCUT2D eigenvalue weighted by molar-refractivity contribution is 5.79. The van der Waals surface area contributed by atoms with Crippen molar-refractivity contribution in [3.8, 4) is 5.75 Å². The molecule has 0 aliphatic rings. The summed E-state index contributed by atoms with van der Waals surface area (Å²) in [5.41, 5.74) is 2.10. The van der Waals surface area contributed by atoms with Crippen LogP contribution >= 0.6 is 0 Å². The van der Waals surface area contributed by atoms with Crippen LogP contribution in [0.3, 0.4) is 0 Å². The van der Waals surface area contributed by atoms with Crippen molar-refractivity contribution < 1.29 is 9.53 Å². The van der Waals surface area contributed by atoms with Crippen LogP contribution in [0.2, 0.25) is 0 Å². The van der Waals surface area contributed by atoms with E-state index >= 15 is 0 Å². The Morgan fingerprint density at radius 3 is 2.31 bits per heavy atom. The molecule has 0 aliphatic heterocycles. The van der Waals surface area contributed by atoms with E-state index in [1.165, 1.54) is 12.8 Å². The molecule has 0 radical (unpaired) electrons. The summed E-state index contributed by atoms with van der Waals surface area (Å²) in [7, 11) is 0. The molecule has 5 heteroatoms. The number of carbonyl (C=O) groups excluding carboxylic acids is 1. The quantitative estimate of drug-likeness (QED) is 0.337. The second kappa shape index (κ2) is 15.4. The lowest BCUT2D eigenvalue weighted by Crippen LogP contribution is -2.38. The predicted octanol–water partition coefficient (Wildman–Crippen LogP) is 4.49. The zero-order valence-electron chi connectivity index (χ0n) is 20.0. The van der Waals surface area contributed by atoms with Gasteiger partial charge in [-0.1, -0.05) is 69.7 Å². The average Bonchev–Trinajstić information content (AvgIpc) is 2.80. The first kappa shape index (κ1) is 25.9. The molecule has 3 N–H and O–H groups in total. The molecule has 2 rings (SSSR count). The molecule has 2 unspecified atom stereocenters. The molecular weight excluding hydrogens is 398 g/mol. The summed E-state index contributed by atoms with van der Waals surface area (Å²) in [5.74, 6) is 1.46. The molecule has 32 heavy (non-hydrogen) atoms. The van der Waals surface area contributed by atoms with Crippen LogP contribution < -0.4 is 20.7 Å². The van der Waals surface area contributed by atoms with E-state index in [0.717, 1.165) is 49.5 Å². The Labute approximate surface area is 194 Å². The minimum atomic E-state index is -0.0922. The van der Waals surface area contributed by atoms with Gasteiger partial charge in [-0.25, -0.2) is 0 Å². The van der Waals surface area contributed by atoms with E-state index in [-0.39, 0.29) is 11.9 Å². The van der Waals surface area contributed by atoms with Crippen LogP contribution in [0.15, 0.2) is 54.6 Å². The molecule has 176 valence electrons. The van der Waals surface area contributed by atoms with E-state index in [1.54, 1.807) is 0 Å². The van der Waals surface area contributed by atoms with Crippen LogP contribution in [0.1, 0.15) is 57.2 Å². The number of rotatable bonds is 16. The molecule has 0 saturated heterocycles. The Kier molecular flexibility index (Phi) is 12.5. The minimum Gasteiger partial charge on any atom is -0.493 e. The fourth-order valence-corrected chi connectivity index (χ4v) is 3.61. The number of carbonyl (C=O) groups is 1. The molecule has 0 spiro atoms. The van der Waals surface area contributed by atoms with Gasteiger partial charge in [0.2, 0.25) is 5.91 Å². The molecular formula is C27H41N3O2. The second-order valence-corrected chi connectivity index (χ2v) is 8.51. The molecule has 0 aromatic heterocycles. The van der Waals surface area contributed by atoms with E-state index in [4.69, 9.17) is 4.74 Å². The van der Waals surface area contributed by atoms with Gasteiger partial charge in [-0.3, -0.25) is 4.79 Å². The van der Waals surface area contributed by atoms with Gasteiger partial charge in [-0.15, -0.1) is 0 Å². The first-order valence-electron chi connectivity index (χ1n) is 12.1. The zero-order chi connectivity index (χ0) is 23.0. The van der Waals surface area contributed by atoms with Gasteiger partial charge in [0.15, 0.2) is 0 Å². The lowest BCUT2D eigenvalue weighted by atomic mass is 10.1. The molecule has 2 atom stereocenters. The Morgan fingerprint density at radius 1 is 0.906 bits per heavy atom. The van der Waals surface area contributed by atoms with Crippen molar-refractivity contribution in [1.29, 1.82) is 0 Å². The lowest BCUT2D eigenvalue weighted by molar-refractivity contribution is -0.121. The fourth-order valence-electron chi connectivity index (χ4n) is 3.61. The van der Waals surface area contributed by atoms with E-state index in [1.807, 2.05) is 42.5 Å². The molecule has 2 aromatic rings. The second-order valence-electron chi connectivity index (χ2n) is 8.51. The highest BCUT2D eigenvalue weighted by Gasteiger charge is 2.15. The molecule has 1 amide bonds. The van der Waals surface area contributed by atoms with Gasteiger partial charge in [0.25, 0.3) is 0 Å². The normalized spacial score (nSPS) is 12.8. The van der Waals surface area contributed by atoms with Crippen molar-refractivity contribution in [1.82, 2.24) is 16.0 Å². The van der Waals surface area contributed by atoms with Gasteiger partial charge < -0.3 is 20.7 Å². The number of benzene rings is 2. The van der Waals surface area contributed by atoms with Crippen molar-refractivity contribution >= 4 is 5.91 Å². The summed E-state index contributed by atoms with van der Waals surface area (Å²) in [5, 5.41) is 10.1. The Balaban J connectivity index is 1.95. The predicted molar refractivity (Wildman–Crippen MR) is 133 cm³/mol.